The van der Waals surface area contributed by atoms with Crippen LogP contribution in [0.2, 0.25) is 0 Å². The third kappa shape index (κ3) is 3.39. The Hall–Kier alpha value is -0.260. The summed E-state index contributed by atoms with van der Waals surface area (Å²) >= 11 is 3.86. The first-order chi connectivity index (χ1) is 8.72. The van der Waals surface area contributed by atoms with Crippen LogP contribution < -0.4 is 10.2 Å². The van der Waals surface area contributed by atoms with Gasteiger partial charge in [-0.05, 0) is 19.9 Å². The second-order valence-electron chi connectivity index (χ2n) is 4.81. The summed E-state index contributed by atoms with van der Waals surface area (Å²) in [5.41, 5.74) is 1.18. The molecule has 2 rings (SSSR count). The molecule has 0 saturated carbocycles. The van der Waals surface area contributed by atoms with Gasteiger partial charge in [-0.2, -0.15) is 11.8 Å². The summed E-state index contributed by atoms with van der Waals surface area (Å²) in [6.07, 6.45) is 1.18. The van der Waals surface area contributed by atoms with Gasteiger partial charge < -0.3 is 10.2 Å². The lowest BCUT2D eigenvalue weighted by Gasteiger charge is -2.37. The molecule has 1 aromatic rings. The molecule has 2 atom stereocenters. The normalized spacial score (nSPS) is 24.5. The summed E-state index contributed by atoms with van der Waals surface area (Å²) in [6, 6.07) is 0.589. The van der Waals surface area contributed by atoms with Crippen molar-refractivity contribution < 1.29 is 0 Å². The monoisotopic (exact) mass is 285 g/mol. The molecule has 0 radical (unpaired) electrons. The Labute approximate surface area is 118 Å². The van der Waals surface area contributed by atoms with Gasteiger partial charge >= 0.3 is 0 Å². The maximum absolute atomic E-state index is 4.76. The Morgan fingerprint density at radius 2 is 2.33 bits per heavy atom. The van der Waals surface area contributed by atoms with E-state index in [1.165, 1.54) is 23.0 Å². The first-order valence-corrected chi connectivity index (χ1v) is 8.68. The number of hydrogen-bond donors (Lipinski definition) is 1. The van der Waals surface area contributed by atoms with E-state index in [0.29, 0.717) is 11.3 Å². The molecule has 0 aliphatic carbocycles. The Balaban J connectivity index is 1.96. The summed E-state index contributed by atoms with van der Waals surface area (Å²) in [4.78, 5) is 7.23. The molecule has 18 heavy (non-hydrogen) atoms. The molecule has 2 unspecified atom stereocenters. The van der Waals surface area contributed by atoms with Crippen molar-refractivity contribution in [3.8, 4) is 0 Å². The molecular weight excluding hydrogens is 262 g/mol. The third-order valence-corrected chi connectivity index (χ3v) is 5.67. The van der Waals surface area contributed by atoms with E-state index in [2.05, 4.69) is 48.1 Å². The standard InChI is InChI=1S/C13H23N3S2/c1-4-5-14-8-12-9-18-13(15-12)16-6-7-17-11(3)10(16)2/h9-11,14H,4-8H2,1-3H3. The van der Waals surface area contributed by atoms with Crippen LogP contribution in [-0.4, -0.2) is 35.1 Å². The van der Waals surface area contributed by atoms with Crippen LogP contribution in [0.5, 0.6) is 0 Å². The van der Waals surface area contributed by atoms with E-state index in [0.717, 1.165) is 19.6 Å². The molecule has 2 heterocycles. The number of hydrogen-bond acceptors (Lipinski definition) is 5. The lowest BCUT2D eigenvalue weighted by molar-refractivity contribution is 0.622. The average Bonchev–Trinajstić information content (AvgIpc) is 2.82. The molecule has 1 aliphatic heterocycles. The number of nitrogens with zero attached hydrogens (tertiary/aromatic N) is 2. The van der Waals surface area contributed by atoms with E-state index < -0.39 is 0 Å². The van der Waals surface area contributed by atoms with Gasteiger partial charge in [0.2, 0.25) is 0 Å². The zero-order chi connectivity index (χ0) is 13.0. The Bertz CT molecular complexity index is 367. The van der Waals surface area contributed by atoms with Crippen molar-refractivity contribution in [1.29, 1.82) is 0 Å². The first-order valence-electron chi connectivity index (χ1n) is 6.75. The minimum Gasteiger partial charge on any atom is -0.343 e. The average molecular weight is 285 g/mol. The summed E-state index contributed by atoms with van der Waals surface area (Å²) in [7, 11) is 0. The molecule has 1 aromatic heterocycles. The van der Waals surface area contributed by atoms with Gasteiger partial charge in [-0.25, -0.2) is 4.98 Å². The molecule has 1 aliphatic rings. The molecule has 1 N–H and O–H groups in total. The van der Waals surface area contributed by atoms with E-state index in [4.69, 9.17) is 4.98 Å². The number of anilines is 1. The van der Waals surface area contributed by atoms with E-state index >= 15 is 0 Å². The highest BCUT2D eigenvalue weighted by Crippen LogP contribution is 2.30. The van der Waals surface area contributed by atoms with E-state index in [-0.39, 0.29) is 0 Å². The van der Waals surface area contributed by atoms with Crippen molar-refractivity contribution in [3.05, 3.63) is 11.1 Å². The van der Waals surface area contributed by atoms with Crippen molar-refractivity contribution in [2.75, 3.05) is 23.7 Å². The first kappa shape index (κ1) is 14.2. The van der Waals surface area contributed by atoms with Gasteiger partial charge in [0, 0.05) is 35.5 Å². The molecule has 102 valence electrons. The zero-order valence-corrected chi connectivity index (χ0v) is 13.1. The highest BCUT2D eigenvalue weighted by Gasteiger charge is 2.26. The third-order valence-electron chi connectivity index (χ3n) is 3.40. The topological polar surface area (TPSA) is 28.2 Å². The quantitative estimate of drug-likeness (QED) is 0.842. The highest BCUT2D eigenvalue weighted by atomic mass is 32.2. The zero-order valence-electron chi connectivity index (χ0n) is 11.5. The largest absolute Gasteiger partial charge is 0.343 e. The van der Waals surface area contributed by atoms with Crippen LogP contribution in [0.25, 0.3) is 0 Å². The number of aromatic nitrogens is 1. The van der Waals surface area contributed by atoms with Gasteiger partial charge in [0.05, 0.1) is 5.69 Å². The minimum absolute atomic E-state index is 0.589. The molecule has 5 heteroatoms. The van der Waals surface area contributed by atoms with Gasteiger partial charge in [0.1, 0.15) is 0 Å². The van der Waals surface area contributed by atoms with Crippen molar-refractivity contribution in [2.24, 2.45) is 0 Å². The van der Waals surface area contributed by atoms with Gasteiger partial charge in [-0.3, -0.25) is 0 Å². The van der Waals surface area contributed by atoms with Crippen molar-refractivity contribution in [1.82, 2.24) is 10.3 Å². The molecular formula is C13H23N3S2. The van der Waals surface area contributed by atoms with E-state index in [9.17, 15) is 0 Å². The van der Waals surface area contributed by atoms with Crippen LogP contribution in [0.1, 0.15) is 32.9 Å². The Morgan fingerprint density at radius 1 is 1.50 bits per heavy atom. The summed E-state index contributed by atoms with van der Waals surface area (Å²) in [5.74, 6) is 1.22. The number of nitrogens with one attached hydrogen (secondary N) is 1. The fourth-order valence-corrected chi connectivity index (χ4v) is 4.15. The Kier molecular flexibility index (Phi) is 5.33. The smallest absolute Gasteiger partial charge is 0.185 e. The second kappa shape index (κ2) is 6.78. The highest BCUT2D eigenvalue weighted by molar-refractivity contribution is 8.00. The summed E-state index contributed by atoms with van der Waals surface area (Å²) < 4.78 is 0. The number of thiazole rings is 1. The predicted octanol–water partition coefficient (Wildman–Crippen LogP) is 2.97. The van der Waals surface area contributed by atoms with Gasteiger partial charge in [-0.15, -0.1) is 11.3 Å². The fourth-order valence-electron chi connectivity index (χ4n) is 2.11. The maximum atomic E-state index is 4.76. The molecule has 0 aromatic carbocycles. The SMILES string of the molecule is CCCNCc1csc(N2CCSC(C)C2C)n1. The van der Waals surface area contributed by atoms with Crippen molar-refractivity contribution in [2.45, 2.75) is 45.0 Å². The van der Waals surface area contributed by atoms with Crippen LogP contribution in [-0.2, 0) is 6.54 Å². The molecule has 0 spiro atoms. The lowest BCUT2D eigenvalue weighted by Crippen LogP contribution is -2.44. The minimum atomic E-state index is 0.589. The number of thioether (sulfide) groups is 1. The lowest BCUT2D eigenvalue weighted by atomic mass is 10.2. The summed E-state index contributed by atoms with van der Waals surface area (Å²) in [6.45, 7) is 9.92. The van der Waals surface area contributed by atoms with Crippen LogP contribution in [0.3, 0.4) is 0 Å². The molecule has 0 amide bonds. The molecule has 3 nitrogen and oxygen atoms in total. The number of rotatable bonds is 5. The molecule has 0 bridgehead atoms. The van der Waals surface area contributed by atoms with Gasteiger partial charge in [0.15, 0.2) is 5.13 Å². The maximum Gasteiger partial charge on any atom is 0.185 e. The van der Waals surface area contributed by atoms with Crippen LogP contribution >= 0.6 is 23.1 Å². The van der Waals surface area contributed by atoms with Gasteiger partial charge in [-0.1, -0.05) is 13.8 Å². The van der Waals surface area contributed by atoms with Crippen molar-refractivity contribution >= 4 is 28.2 Å². The van der Waals surface area contributed by atoms with Crippen LogP contribution in [0.4, 0.5) is 5.13 Å². The van der Waals surface area contributed by atoms with Crippen LogP contribution in [0.15, 0.2) is 5.38 Å². The van der Waals surface area contributed by atoms with E-state index in [1.807, 2.05) is 0 Å². The van der Waals surface area contributed by atoms with E-state index in [1.54, 1.807) is 11.3 Å². The molecule has 1 fully saturated rings. The Morgan fingerprint density at radius 3 is 3.11 bits per heavy atom. The fraction of sp³-hybridized carbons (Fsp3) is 0.769. The van der Waals surface area contributed by atoms with Crippen molar-refractivity contribution in [3.63, 3.8) is 0 Å². The summed E-state index contributed by atoms with van der Waals surface area (Å²) in [5, 5.41) is 7.50. The molecule has 1 saturated heterocycles. The van der Waals surface area contributed by atoms with Gasteiger partial charge in [0.25, 0.3) is 0 Å². The second-order valence-corrected chi connectivity index (χ2v) is 7.13. The van der Waals surface area contributed by atoms with Crippen LogP contribution in [0, 0.1) is 0 Å². The predicted molar refractivity (Wildman–Crippen MR) is 82.8 cm³/mol.